The Morgan fingerprint density at radius 2 is 0.941 bits per heavy atom. The Balaban J connectivity index is -0.0000000866. The molecule has 0 saturated carbocycles. The van der Waals surface area contributed by atoms with Gasteiger partial charge in [0.1, 0.15) is 6.61 Å². The summed E-state index contributed by atoms with van der Waals surface area (Å²) in [6.45, 7) is 25.6. The van der Waals surface area contributed by atoms with Gasteiger partial charge in [0, 0.05) is 7.97 Å². The maximum absolute atomic E-state index is 11.5. The highest BCUT2D eigenvalue weighted by Crippen LogP contribution is 2.17. The highest BCUT2D eigenvalue weighted by molar-refractivity contribution is 7.36. The summed E-state index contributed by atoms with van der Waals surface area (Å²) < 4.78 is 16.8. The van der Waals surface area contributed by atoms with E-state index >= 15 is 0 Å². The first kappa shape index (κ1) is 47.2. The van der Waals surface area contributed by atoms with Gasteiger partial charge in [0.15, 0.2) is 0 Å². The zero-order chi connectivity index (χ0) is 27.7. The van der Waals surface area contributed by atoms with Gasteiger partial charge in [-0.15, -0.1) is 4.52 Å². The fraction of sp³-hybridized carbons (Fsp3) is 1.00. The Kier molecular flexibility index (Phi) is 88.7. The summed E-state index contributed by atoms with van der Waals surface area (Å²) in [6, 6.07) is 0. The first-order chi connectivity index (χ1) is 16.5. The molecule has 0 spiro atoms. The molecule has 0 rings (SSSR count). The molecule has 0 fully saturated rings. The third kappa shape index (κ3) is 94.9. The second-order valence-electron chi connectivity index (χ2n) is 8.11. The maximum Gasteiger partial charge on any atom is 0.612 e. The van der Waals surface area contributed by atoms with E-state index in [2.05, 4.69) is 72.7 Å². The zero-order valence-electron chi connectivity index (χ0n) is 26.3. The van der Waals surface area contributed by atoms with Gasteiger partial charge in [0.25, 0.3) is 0 Å². The summed E-state index contributed by atoms with van der Waals surface area (Å²) in [5.74, 6) is 0. The Hall–Kier alpha value is -0.0200. The van der Waals surface area contributed by atoms with Gasteiger partial charge in [-0.2, -0.15) is 0 Å². The molecular weight excluding hydrogens is 439 g/mol. The van der Waals surface area contributed by atoms with Crippen molar-refractivity contribution in [3.8, 4) is 0 Å². The Bertz CT molecular complexity index is 267. The van der Waals surface area contributed by atoms with Crippen molar-refractivity contribution < 1.29 is 10.5 Å². The first-order valence-corrected chi connectivity index (χ1v) is 16.1. The molecule has 1 atom stereocenters. The lowest BCUT2D eigenvalue weighted by molar-refractivity contribution is 0.309. The molecule has 0 amide bonds. The molecule has 0 aliphatic heterocycles. The third-order valence-corrected chi connectivity index (χ3v) is 4.20. The highest BCUT2D eigenvalue weighted by Gasteiger charge is 2.15. The zero-order valence-corrected chi connectivity index (χ0v) is 27.2. The molecule has 2 N–H and O–H groups in total. The van der Waals surface area contributed by atoms with Crippen LogP contribution >= 0.6 is 8.18 Å². The van der Waals surface area contributed by atoms with Gasteiger partial charge in [-0.1, -0.05) is 152 Å². The van der Waals surface area contributed by atoms with E-state index in [9.17, 15) is 4.57 Å². The maximum atomic E-state index is 11.5. The van der Waals surface area contributed by atoms with Crippen molar-refractivity contribution >= 4 is 8.18 Å². The minimum absolute atomic E-state index is 0. The van der Waals surface area contributed by atoms with E-state index < -0.39 is 8.18 Å². The molecule has 1 unspecified atom stereocenters. The average Bonchev–Trinajstić information content (AvgIpc) is 2.81. The van der Waals surface area contributed by atoms with E-state index in [1.165, 1.54) is 70.6 Å². The summed E-state index contributed by atoms with van der Waals surface area (Å²) in [5, 5.41) is 6.02. The Morgan fingerprint density at radius 1 is 0.588 bits per heavy atom. The second kappa shape index (κ2) is 63.9. The molecule has 0 aromatic carbocycles. The van der Waals surface area contributed by atoms with E-state index in [1.54, 1.807) is 0 Å². The lowest BCUT2D eigenvalue weighted by Crippen LogP contribution is -2.12. The quantitative estimate of drug-likeness (QED) is 0.159. The molecule has 34 heavy (non-hydrogen) atoms. The van der Waals surface area contributed by atoms with Crippen LogP contribution in [-0.4, -0.2) is 26.7 Å². The smallest absolute Gasteiger partial charge is 0.320 e. The van der Waals surface area contributed by atoms with Gasteiger partial charge in [0.05, 0.1) is 0 Å². The first-order valence-electron chi connectivity index (χ1n) is 14.9. The largest absolute Gasteiger partial charge is 0.612 e. The SMILES string of the molecule is CC.CCC.CCC.CCC.CCC.CCCCCCCCCCO[P+](=O)NCCCCNC.[HH]. The number of nitrogens with one attached hydrogen (secondary N) is 2. The molecule has 0 heterocycles. The minimum atomic E-state index is -1.65. The van der Waals surface area contributed by atoms with E-state index in [-0.39, 0.29) is 1.43 Å². The predicted octanol–water partition coefficient (Wildman–Crippen LogP) is 11.3. The third-order valence-electron chi connectivity index (χ3n) is 3.30. The van der Waals surface area contributed by atoms with E-state index in [4.69, 9.17) is 4.52 Å². The average molecular weight is 514 g/mol. The van der Waals surface area contributed by atoms with Crippen LogP contribution in [0.25, 0.3) is 0 Å². The summed E-state index contributed by atoms with van der Waals surface area (Å²) in [4.78, 5) is 0. The van der Waals surface area contributed by atoms with Crippen LogP contribution in [0.1, 0.15) is 167 Å². The summed E-state index contributed by atoms with van der Waals surface area (Å²) in [6.07, 6.45) is 17.4. The normalized spacial score (nSPS) is 9.24. The molecule has 0 aromatic heterocycles. The fourth-order valence-electron chi connectivity index (χ4n) is 2.03. The van der Waals surface area contributed by atoms with Crippen LogP contribution < -0.4 is 10.4 Å². The predicted molar refractivity (Wildman–Crippen MR) is 165 cm³/mol. The van der Waals surface area contributed by atoms with E-state index in [0.717, 1.165) is 32.4 Å². The molecule has 0 aliphatic rings. The van der Waals surface area contributed by atoms with Crippen LogP contribution in [0.2, 0.25) is 0 Å². The van der Waals surface area contributed by atoms with Gasteiger partial charge in [-0.3, -0.25) is 0 Å². The van der Waals surface area contributed by atoms with Crippen LogP contribution in [0.15, 0.2) is 0 Å². The van der Waals surface area contributed by atoms with Gasteiger partial charge in [-0.05, 0) is 37.4 Å². The monoisotopic (exact) mass is 514 g/mol. The lowest BCUT2D eigenvalue weighted by atomic mass is 10.1. The van der Waals surface area contributed by atoms with Crippen molar-refractivity contribution in [3.05, 3.63) is 0 Å². The number of hydrogen-bond donors (Lipinski definition) is 2. The summed E-state index contributed by atoms with van der Waals surface area (Å²) in [5.41, 5.74) is 0. The molecule has 0 saturated heterocycles. The Labute approximate surface area is 222 Å². The van der Waals surface area contributed by atoms with E-state index in [1.807, 2.05) is 20.9 Å². The van der Waals surface area contributed by atoms with Gasteiger partial charge in [0.2, 0.25) is 0 Å². The molecular formula is C29H74N2O2P+. The van der Waals surface area contributed by atoms with Crippen LogP contribution in [0.5, 0.6) is 0 Å². The van der Waals surface area contributed by atoms with Gasteiger partial charge >= 0.3 is 8.18 Å². The van der Waals surface area contributed by atoms with Crippen molar-refractivity contribution in [1.82, 2.24) is 10.4 Å². The molecule has 4 nitrogen and oxygen atoms in total. The van der Waals surface area contributed by atoms with Crippen LogP contribution in [0.3, 0.4) is 0 Å². The molecule has 0 radical (unpaired) electrons. The van der Waals surface area contributed by atoms with Crippen LogP contribution in [0, 0.1) is 0 Å². The van der Waals surface area contributed by atoms with Gasteiger partial charge < -0.3 is 5.32 Å². The van der Waals surface area contributed by atoms with Crippen molar-refractivity contribution in [2.24, 2.45) is 0 Å². The van der Waals surface area contributed by atoms with Crippen LogP contribution in [-0.2, 0) is 9.09 Å². The standard InChI is InChI=1S/C15H34N2O2P.4C3H8.C2H6.H2/c1-3-4-5-6-7-8-9-12-15-19-20(18)17-14-11-10-13-16-2;4*1-3-2;1-2;/h16H,3-15H2,1-2H3,(H,17,18);4*3H2,1-2H3;1-2H3;1H/q+1;;;;;;. The molecule has 0 bridgehead atoms. The second-order valence-corrected chi connectivity index (χ2v) is 9.20. The summed E-state index contributed by atoms with van der Waals surface area (Å²) in [7, 11) is 0.291. The van der Waals surface area contributed by atoms with Crippen LogP contribution in [0.4, 0.5) is 0 Å². The molecule has 5 heteroatoms. The molecule has 216 valence electrons. The van der Waals surface area contributed by atoms with Crippen molar-refractivity contribution in [2.45, 2.75) is 166 Å². The Morgan fingerprint density at radius 3 is 1.32 bits per heavy atom. The molecule has 0 aliphatic carbocycles. The number of hydrogen-bond acceptors (Lipinski definition) is 3. The fourth-order valence-corrected chi connectivity index (χ4v) is 2.75. The number of unbranched alkanes of at least 4 members (excludes halogenated alkanes) is 8. The van der Waals surface area contributed by atoms with Crippen molar-refractivity contribution in [2.75, 3.05) is 26.7 Å². The topological polar surface area (TPSA) is 50.4 Å². The molecule has 0 aromatic rings. The lowest BCUT2D eigenvalue weighted by Gasteiger charge is -1.99. The minimum Gasteiger partial charge on any atom is -0.320 e. The van der Waals surface area contributed by atoms with E-state index in [0.29, 0.717) is 6.61 Å². The summed E-state index contributed by atoms with van der Waals surface area (Å²) >= 11 is 0. The van der Waals surface area contributed by atoms with Crippen molar-refractivity contribution in [1.29, 1.82) is 0 Å². The number of rotatable bonds is 16. The highest BCUT2D eigenvalue weighted by atomic mass is 31.1. The van der Waals surface area contributed by atoms with Crippen molar-refractivity contribution in [3.63, 3.8) is 0 Å². The van der Waals surface area contributed by atoms with Gasteiger partial charge in [-0.25, -0.2) is 0 Å².